The summed E-state index contributed by atoms with van der Waals surface area (Å²) in [6.45, 7) is 4.09. The Labute approximate surface area is 121 Å². The van der Waals surface area contributed by atoms with Crippen molar-refractivity contribution < 1.29 is 0 Å². The predicted molar refractivity (Wildman–Crippen MR) is 84.9 cm³/mol. The van der Waals surface area contributed by atoms with Crippen molar-refractivity contribution in [1.82, 2.24) is 4.57 Å². The third kappa shape index (κ3) is 2.62. The summed E-state index contributed by atoms with van der Waals surface area (Å²) in [5.41, 5.74) is 6.85. The quantitative estimate of drug-likeness (QED) is 0.880. The number of pyridine rings is 1. The van der Waals surface area contributed by atoms with Crippen LogP contribution >= 0.6 is 23.6 Å². The number of nitrogens with two attached hydrogens (primary N) is 1. The Morgan fingerprint density at radius 1 is 1.47 bits per heavy atom. The van der Waals surface area contributed by atoms with E-state index in [2.05, 4.69) is 6.92 Å². The van der Waals surface area contributed by atoms with Crippen LogP contribution in [0.5, 0.6) is 0 Å². The summed E-state index contributed by atoms with van der Waals surface area (Å²) in [5, 5.41) is 2.00. The van der Waals surface area contributed by atoms with Crippen molar-refractivity contribution in [2.75, 3.05) is 0 Å². The van der Waals surface area contributed by atoms with Crippen LogP contribution in [0.15, 0.2) is 34.4 Å². The Balaban J connectivity index is 2.72. The summed E-state index contributed by atoms with van der Waals surface area (Å²) in [5.74, 6) is 0. The lowest BCUT2D eigenvalue weighted by Crippen LogP contribution is -2.31. The molecule has 2 rings (SSSR count). The van der Waals surface area contributed by atoms with E-state index in [1.54, 1.807) is 22.0 Å². The molecule has 0 spiro atoms. The van der Waals surface area contributed by atoms with Gasteiger partial charge >= 0.3 is 0 Å². The maximum Gasteiger partial charge on any atom is 0.261 e. The molecule has 0 radical (unpaired) electrons. The Hall–Kier alpha value is -1.46. The van der Waals surface area contributed by atoms with Gasteiger partial charge < -0.3 is 10.3 Å². The van der Waals surface area contributed by atoms with E-state index in [-0.39, 0.29) is 16.6 Å². The molecule has 1 unspecified atom stereocenters. The molecule has 0 saturated heterocycles. The molecule has 100 valence electrons. The van der Waals surface area contributed by atoms with Gasteiger partial charge in [-0.05, 0) is 36.9 Å². The lowest BCUT2D eigenvalue weighted by atomic mass is 10.1. The minimum Gasteiger partial charge on any atom is -0.389 e. The maximum absolute atomic E-state index is 12.5. The first-order chi connectivity index (χ1) is 9.06. The van der Waals surface area contributed by atoms with E-state index in [1.165, 1.54) is 0 Å². The molecule has 0 aliphatic carbocycles. The zero-order valence-corrected chi connectivity index (χ0v) is 12.6. The summed E-state index contributed by atoms with van der Waals surface area (Å²) in [7, 11) is 0. The lowest BCUT2D eigenvalue weighted by molar-refractivity contribution is 0.519. The van der Waals surface area contributed by atoms with Crippen molar-refractivity contribution in [2.45, 2.75) is 26.3 Å². The second-order valence-corrected chi connectivity index (χ2v) is 5.79. The van der Waals surface area contributed by atoms with Gasteiger partial charge in [-0.15, -0.1) is 11.3 Å². The van der Waals surface area contributed by atoms with Crippen molar-refractivity contribution in [2.24, 2.45) is 5.73 Å². The standard InChI is InChI=1S/C14H16N2OS2/c1-3-9(2)16-11(12-5-4-8-19-12)7-6-10(13(15)18)14(16)17/h4-9H,3H2,1-2H3,(H2,15,18). The fourth-order valence-electron chi connectivity index (χ4n) is 1.99. The molecular weight excluding hydrogens is 276 g/mol. The van der Waals surface area contributed by atoms with Gasteiger partial charge in [0.05, 0.1) is 16.1 Å². The van der Waals surface area contributed by atoms with E-state index >= 15 is 0 Å². The number of thiocarbonyl (C=S) groups is 1. The summed E-state index contributed by atoms with van der Waals surface area (Å²) >= 11 is 6.56. The molecule has 0 aromatic carbocycles. The Bertz CT molecular complexity index is 644. The summed E-state index contributed by atoms with van der Waals surface area (Å²) < 4.78 is 1.79. The van der Waals surface area contributed by atoms with Gasteiger partial charge in [-0.2, -0.15) is 0 Å². The van der Waals surface area contributed by atoms with Crippen molar-refractivity contribution in [3.8, 4) is 10.6 Å². The smallest absolute Gasteiger partial charge is 0.261 e. The second-order valence-electron chi connectivity index (χ2n) is 4.41. The minimum absolute atomic E-state index is 0.104. The number of rotatable bonds is 4. The highest BCUT2D eigenvalue weighted by molar-refractivity contribution is 7.80. The van der Waals surface area contributed by atoms with E-state index in [0.29, 0.717) is 5.56 Å². The fourth-order valence-corrected chi connectivity index (χ4v) is 2.89. The molecule has 3 nitrogen and oxygen atoms in total. The fraction of sp³-hybridized carbons (Fsp3) is 0.286. The SMILES string of the molecule is CCC(C)n1c(-c2cccs2)ccc(C(N)=S)c1=O. The summed E-state index contributed by atoms with van der Waals surface area (Å²) in [6.07, 6.45) is 0.874. The highest BCUT2D eigenvalue weighted by Gasteiger charge is 2.16. The van der Waals surface area contributed by atoms with E-state index in [4.69, 9.17) is 18.0 Å². The molecule has 0 saturated carbocycles. The van der Waals surface area contributed by atoms with Crippen molar-refractivity contribution >= 4 is 28.5 Å². The maximum atomic E-state index is 12.5. The van der Waals surface area contributed by atoms with Crippen LogP contribution in [0, 0.1) is 0 Å². The predicted octanol–water partition coefficient (Wildman–Crippen LogP) is 3.18. The van der Waals surface area contributed by atoms with Gasteiger partial charge in [0, 0.05) is 6.04 Å². The molecule has 5 heteroatoms. The topological polar surface area (TPSA) is 48.0 Å². The second kappa shape index (κ2) is 5.67. The van der Waals surface area contributed by atoms with Gasteiger partial charge in [0.1, 0.15) is 4.99 Å². The van der Waals surface area contributed by atoms with Crippen LogP contribution in [0.3, 0.4) is 0 Å². The number of hydrogen-bond donors (Lipinski definition) is 1. The van der Waals surface area contributed by atoms with Gasteiger partial charge in [-0.1, -0.05) is 25.2 Å². The minimum atomic E-state index is -0.104. The third-order valence-corrected chi connectivity index (χ3v) is 4.30. The molecule has 0 bridgehead atoms. The van der Waals surface area contributed by atoms with Gasteiger partial charge in [-0.3, -0.25) is 4.79 Å². The van der Waals surface area contributed by atoms with Crippen LogP contribution in [0.25, 0.3) is 10.6 Å². The monoisotopic (exact) mass is 292 g/mol. The number of hydrogen-bond acceptors (Lipinski definition) is 3. The van der Waals surface area contributed by atoms with Crippen molar-refractivity contribution in [3.05, 3.63) is 45.6 Å². The summed E-state index contributed by atoms with van der Waals surface area (Å²) in [4.78, 5) is 13.8. The lowest BCUT2D eigenvalue weighted by Gasteiger charge is -2.19. The molecule has 19 heavy (non-hydrogen) atoms. The van der Waals surface area contributed by atoms with Gasteiger partial charge in [0.15, 0.2) is 0 Å². The van der Waals surface area contributed by atoms with Gasteiger partial charge in [0.25, 0.3) is 5.56 Å². The van der Waals surface area contributed by atoms with Crippen LogP contribution in [0.1, 0.15) is 31.9 Å². The molecular formula is C14H16N2OS2. The molecule has 0 fully saturated rings. The number of thiophene rings is 1. The average molecular weight is 292 g/mol. The third-order valence-electron chi connectivity index (χ3n) is 3.19. The first-order valence-electron chi connectivity index (χ1n) is 6.15. The van der Waals surface area contributed by atoms with Crippen LogP contribution in [-0.4, -0.2) is 9.56 Å². The highest BCUT2D eigenvalue weighted by atomic mass is 32.1. The average Bonchev–Trinajstić information content (AvgIpc) is 2.90. The first kappa shape index (κ1) is 14.0. The number of nitrogens with zero attached hydrogens (tertiary/aromatic N) is 1. The van der Waals surface area contributed by atoms with Gasteiger partial charge in [0.2, 0.25) is 0 Å². The molecule has 2 aromatic rings. The van der Waals surface area contributed by atoms with Crippen LogP contribution in [-0.2, 0) is 0 Å². The van der Waals surface area contributed by atoms with Crippen molar-refractivity contribution in [3.63, 3.8) is 0 Å². The van der Waals surface area contributed by atoms with Crippen LogP contribution in [0.2, 0.25) is 0 Å². The number of aromatic nitrogens is 1. The normalized spacial score (nSPS) is 12.3. The molecule has 1 atom stereocenters. The van der Waals surface area contributed by atoms with E-state index in [9.17, 15) is 4.79 Å². The van der Waals surface area contributed by atoms with Crippen LogP contribution < -0.4 is 11.3 Å². The molecule has 0 aliphatic rings. The van der Waals surface area contributed by atoms with E-state index in [0.717, 1.165) is 17.0 Å². The first-order valence-corrected chi connectivity index (χ1v) is 7.44. The largest absolute Gasteiger partial charge is 0.389 e. The molecule has 2 heterocycles. The Morgan fingerprint density at radius 3 is 2.74 bits per heavy atom. The van der Waals surface area contributed by atoms with Gasteiger partial charge in [-0.25, -0.2) is 0 Å². The van der Waals surface area contributed by atoms with Crippen LogP contribution in [0.4, 0.5) is 0 Å². The molecule has 0 aliphatic heterocycles. The van der Waals surface area contributed by atoms with E-state index in [1.807, 2.05) is 30.5 Å². The highest BCUT2D eigenvalue weighted by Crippen LogP contribution is 2.26. The molecule has 2 N–H and O–H groups in total. The Kier molecular flexibility index (Phi) is 4.17. The zero-order valence-electron chi connectivity index (χ0n) is 10.9. The van der Waals surface area contributed by atoms with E-state index < -0.39 is 0 Å². The molecule has 0 amide bonds. The molecule has 2 aromatic heterocycles. The van der Waals surface area contributed by atoms with Crippen molar-refractivity contribution in [1.29, 1.82) is 0 Å². The Morgan fingerprint density at radius 2 is 2.21 bits per heavy atom. The summed E-state index contributed by atoms with van der Waals surface area (Å²) in [6, 6.07) is 7.75. The zero-order chi connectivity index (χ0) is 14.0.